The Morgan fingerprint density at radius 3 is 2.81 bits per heavy atom. The van der Waals surface area contributed by atoms with Crippen molar-refractivity contribution in [1.82, 2.24) is 19.6 Å². The molecule has 2 heterocycles. The maximum absolute atomic E-state index is 12.1. The van der Waals surface area contributed by atoms with Gasteiger partial charge in [0, 0.05) is 32.9 Å². The number of aryl methyl sites for hydroxylation is 1. The molecule has 1 aromatic heterocycles. The fraction of sp³-hybridized carbons (Fsp3) is 0.733. The molecule has 1 aliphatic heterocycles. The number of likely N-dealkylation sites (N-methyl/N-ethyl adjacent to an activating group) is 1. The van der Waals surface area contributed by atoms with Crippen LogP contribution in [0.15, 0.2) is 12.4 Å². The topological polar surface area (TPSA) is 50.6 Å². The van der Waals surface area contributed by atoms with Crippen LogP contribution in [0.4, 0.5) is 0 Å². The molecule has 118 valence electrons. The molecule has 6 heteroatoms. The number of aromatic nitrogens is 2. The summed E-state index contributed by atoms with van der Waals surface area (Å²) in [6.45, 7) is 7.98. The Balaban J connectivity index is 1.59. The molecule has 0 saturated carbocycles. The molecule has 1 aromatic rings. The minimum atomic E-state index is 0.115. The molecule has 0 aliphatic carbocycles. The van der Waals surface area contributed by atoms with Gasteiger partial charge in [-0.2, -0.15) is 5.10 Å². The van der Waals surface area contributed by atoms with Crippen LogP contribution < -0.4 is 0 Å². The van der Waals surface area contributed by atoms with E-state index < -0.39 is 0 Å². The highest BCUT2D eigenvalue weighted by Crippen LogP contribution is 2.02. The lowest BCUT2D eigenvalue weighted by atomic mass is 10.2. The molecule has 1 amide bonds. The van der Waals surface area contributed by atoms with Gasteiger partial charge in [-0.15, -0.1) is 0 Å². The second kappa shape index (κ2) is 8.14. The Bertz CT molecular complexity index is 441. The third-order valence-electron chi connectivity index (χ3n) is 3.81. The predicted molar refractivity (Wildman–Crippen MR) is 81.1 cm³/mol. The summed E-state index contributed by atoms with van der Waals surface area (Å²) in [5.74, 6) is 0.115. The van der Waals surface area contributed by atoms with Crippen molar-refractivity contribution < 1.29 is 9.53 Å². The number of hydrogen-bond donors (Lipinski definition) is 0. The third-order valence-corrected chi connectivity index (χ3v) is 3.81. The summed E-state index contributed by atoms with van der Waals surface area (Å²) in [6.07, 6.45) is 5.83. The largest absolute Gasteiger partial charge is 0.379 e. The van der Waals surface area contributed by atoms with Crippen molar-refractivity contribution in [3.63, 3.8) is 0 Å². The van der Waals surface area contributed by atoms with Crippen molar-refractivity contribution in [1.29, 1.82) is 0 Å². The number of rotatable bonds is 7. The van der Waals surface area contributed by atoms with E-state index in [9.17, 15) is 4.79 Å². The first-order valence-electron chi connectivity index (χ1n) is 7.68. The van der Waals surface area contributed by atoms with Crippen molar-refractivity contribution in [2.24, 2.45) is 0 Å². The van der Waals surface area contributed by atoms with Gasteiger partial charge in [-0.3, -0.25) is 14.4 Å². The minimum absolute atomic E-state index is 0.115. The number of unbranched alkanes of at least 4 members (excludes halogenated alkanes) is 1. The van der Waals surface area contributed by atoms with Crippen molar-refractivity contribution in [3.8, 4) is 0 Å². The van der Waals surface area contributed by atoms with Crippen LogP contribution in [0.25, 0.3) is 0 Å². The van der Waals surface area contributed by atoms with E-state index in [1.165, 1.54) is 0 Å². The first kappa shape index (κ1) is 16.0. The predicted octanol–water partition coefficient (Wildman–Crippen LogP) is 0.762. The van der Waals surface area contributed by atoms with Gasteiger partial charge in [0.05, 0.1) is 19.4 Å². The molecule has 21 heavy (non-hydrogen) atoms. The first-order valence-corrected chi connectivity index (χ1v) is 7.68. The molecule has 1 saturated heterocycles. The van der Waals surface area contributed by atoms with E-state index in [1.54, 1.807) is 15.8 Å². The quantitative estimate of drug-likeness (QED) is 0.697. The van der Waals surface area contributed by atoms with Crippen LogP contribution in [0.2, 0.25) is 0 Å². The van der Waals surface area contributed by atoms with E-state index in [4.69, 9.17) is 4.74 Å². The molecular weight excluding hydrogens is 268 g/mol. The van der Waals surface area contributed by atoms with Gasteiger partial charge in [-0.1, -0.05) is 0 Å². The Kier molecular flexibility index (Phi) is 6.20. The SMILES string of the molecule is Cc1cnn(CC(=O)N(C)CCCCN2CCOCC2)c1. The van der Waals surface area contributed by atoms with Gasteiger partial charge < -0.3 is 9.64 Å². The minimum Gasteiger partial charge on any atom is -0.379 e. The van der Waals surface area contributed by atoms with E-state index in [2.05, 4.69) is 10.00 Å². The Labute approximate surface area is 126 Å². The van der Waals surface area contributed by atoms with Gasteiger partial charge in [0.1, 0.15) is 6.54 Å². The molecule has 0 bridgehead atoms. The van der Waals surface area contributed by atoms with Gasteiger partial charge in [-0.25, -0.2) is 0 Å². The molecule has 1 fully saturated rings. The zero-order valence-electron chi connectivity index (χ0n) is 13.1. The number of nitrogens with zero attached hydrogens (tertiary/aromatic N) is 4. The summed E-state index contributed by atoms with van der Waals surface area (Å²) in [5, 5.41) is 4.15. The lowest BCUT2D eigenvalue weighted by Crippen LogP contribution is -2.37. The Hall–Kier alpha value is -1.40. The van der Waals surface area contributed by atoms with Crippen LogP contribution >= 0.6 is 0 Å². The molecule has 2 rings (SSSR count). The van der Waals surface area contributed by atoms with Crippen molar-refractivity contribution in [2.75, 3.05) is 46.4 Å². The van der Waals surface area contributed by atoms with Gasteiger partial charge in [-0.05, 0) is 31.9 Å². The van der Waals surface area contributed by atoms with E-state index in [1.807, 2.05) is 20.2 Å². The van der Waals surface area contributed by atoms with Crippen molar-refractivity contribution >= 4 is 5.91 Å². The number of amides is 1. The summed E-state index contributed by atoms with van der Waals surface area (Å²) >= 11 is 0. The van der Waals surface area contributed by atoms with Crippen LogP contribution in [0.3, 0.4) is 0 Å². The molecule has 1 aliphatic rings. The molecule has 0 aromatic carbocycles. The number of hydrogen-bond acceptors (Lipinski definition) is 4. The normalized spacial score (nSPS) is 16.1. The highest BCUT2D eigenvalue weighted by atomic mass is 16.5. The summed E-state index contributed by atoms with van der Waals surface area (Å²) in [6, 6.07) is 0. The second-order valence-corrected chi connectivity index (χ2v) is 5.69. The second-order valence-electron chi connectivity index (χ2n) is 5.69. The van der Waals surface area contributed by atoms with Crippen molar-refractivity contribution in [2.45, 2.75) is 26.3 Å². The average molecular weight is 294 g/mol. The van der Waals surface area contributed by atoms with Crippen LogP contribution in [0.1, 0.15) is 18.4 Å². The van der Waals surface area contributed by atoms with Crippen LogP contribution in [0, 0.1) is 6.92 Å². The highest BCUT2D eigenvalue weighted by Gasteiger charge is 2.11. The molecule has 0 radical (unpaired) electrons. The number of morpholine rings is 1. The average Bonchev–Trinajstić information content (AvgIpc) is 2.89. The lowest BCUT2D eigenvalue weighted by molar-refractivity contribution is -0.130. The van der Waals surface area contributed by atoms with Gasteiger partial charge >= 0.3 is 0 Å². The van der Waals surface area contributed by atoms with E-state index in [0.717, 1.165) is 57.8 Å². The number of ether oxygens (including phenoxy) is 1. The van der Waals surface area contributed by atoms with Gasteiger partial charge in [0.15, 0.2) is 0 Å². The standard InChI is InChI=1S/C15H26N4O2/c1-14-11-16-19(12-14)13-15(20)17(2)5-3-4-6-18-7-9-21-10-8-18/h11-12H,3-10,13H2,1-2H3. The van der Waals surface area contributed by atoms with E-state index >= 15 is 0 Å². The molecule has 6 nitrogen and oxygen atoms in total. The van der Waals surface area contributed by atoms with E-state index in [-0.39, 0.29) is 5.91 Å². The van der Waals surface area contributed by atoms with Gasteiger partial charge in [0.25, 0.3) is 0 Å². The fourth-order valence-corrected chi connectivity index (χ4v) is 2.45. The summed E-state index contributed by atoms with van der Waals surface area (Å²) in [4.78, 5) is 16.3. The van der Waals surface area contributed by atoms with Crippen molar-refractivity contribution in [3.05, 3.63) is 18.0 Å². The zero-order valence-corrected chi connectivity index (χ0v) is 13.1. The van der Waals surface area contributed by atoms with Crippen LogP contribution in [-0.2, 0) is 16.1 Å². The summed E-state index contributed by atoms with van der Waals surface area (Å²) in [7, 11) is 1.87. The Morgan fingerprint density at radius 2 is 2.14 bits per heavy atom. The molecule has 0 atom stereocenters. The van der Waals surface area contributed by atoms with Crippen LogP contribution in [0.5, 0.6) is 0 Å². The van der Waals surface area contributed by atoms with Crippen LogP contribution in [-0.4, -0.2) is 71.9 Å². The summed E-state index contributed by atoms with van der Waals surface area (Å²) < 4.78 is 7.03. The maximum atomic E-state index is 12.1. The molecule has 0 spiro atoms. The Morgan fingerprint density at radius 1 is 1.38 bits per heavy atom. The lowest BCUT2D eigenvalue weighted by Gasteiger charge is -2.26. The van der Waals surface area contributed by atoms with Gasteiger partial charge in [0.2, 0.25) is 5.91 Å². The first-order chi connectivity index (χ1) is 10.1. The van der Waals surface area contributed by atoms with E-state index in [0.29, 0.717) is 6.54 Å². The third kappa shape index (κ3) is 5.47. The smallest absolute Gasteiger partial charge is 0.244 e. The maximum Gasteiger partial charge on any atom is 0.244 e. The molecule has 0 unspecified atom stereocenters. The molecule has 0 N–H and O–H groups in total. The fourth-order valence-electron chi connectivity index (χ4n) is 2.45. The summed E-state index contributed by atoms with van der Waals surface area (Å²) in [5.41, 5.74) is 1.08. The molecular formula is C15H26N4O2. The highest BCUT2D eigenvalue weighted by molar-refractivity contribution is 5.75. The zero-order chi connectivity index (χ0) is 15.1. The number of carbonyl (C=O) groups is 1. The number of carbonyl (C=O) groups excluding carboxylic acids is 1. The monoisotopic (exact) mass is 294 g/mol.